The lowest BCUT2D eigenvalue weighted by atomic mass is 9.98. The number of anilines is 1. The molecular formula is C23H19NO4. The maximum atomic E-state index is 12.7. The summed E-state index contributed by atoms with van der Waals surface area (Å²) >= 11 is 0. The zero-order valence-electron chi connectivity index (χ0n) is 15.4. The van der Waals surface area contributed by atoms with Crippen LogP contribution in [0.4, 0.5) is 5.69 Å². The molecule has 0 spiro atoms. The smallest absolute Gasteiger partial charge is 0.339 e. The van der Waals surface area contributed by atoms with Crippen molar-refractivity contribution in [3.05, 3.63) is 102 Å². The van der Waals surface area contributed by atoms with Crippen molar-refractivity contribution in [1.82, 2.24) is 0 Å². The van der Waals surface area contributed by atoms with Crippen molar-refractivity contribution in [3.63, 3.8) is 0 Å². The maximum absolute atomic E-state index is 12.7. The van der Waals surface area contributed by atoms with Crippen LogP contribution in [0.15, 0.2) is 84.9 Å². The number of esters is 1. The van der Waals surface area contributed by atoms with E-state index in [4.69, 9.17) is 4.74 Å². The van der Waals surface area contributed by atoms with E-state index in [1.54, 1.807) is 61.6 Å². The topological polar surface area (TPSA) is 63.7 Å². The van der Waals surface area contributed by atoms with Gasteiger partial charge in [-0.05, 0) is 18.2 Å². The number of hydrogen-bond acceptors (Lipinski definition) is 4. The number of benzene rings is 3. The van der Waals surface area contributed by atoms with Crippen LogP contribution in [0, 0.1) is 0 Å². The minimum Gasteiger partial charge on any atom is -0.452 e. The Bertz CT molecular complexity index is 984. The fourth-order valence-corrected chi connectivity index (χ4v) is 2.70. The first-order chi connectivity index (χ1) is 13.6. The Hall–Kier alpha value is -3.73. The summed E-state index contributed by atoms with van der Waals surface area (Å²) < 4.78 is 5.18. The normalized spacial score (nSPS) is 10.2. The molecule has 5 nitrogen and oxygen atoms in total. The third-order valence-electron chi connectivity index (χ3n) is 4.27. The highest BCUT2D eigenvalue weighted by molar-refractivity contribution is 6.14. The highest BCUT2D eigenvalue weighted by atomic mass is 16.5. The van der Waals surface area contributed by atoms with Gasteiger partial charge >= 0.3 is 5.97 Å². The molecule has 0 saturated carbocycles. The summed E-state index contributed by atoms with van der Waals surface area (Å²) in [5.74, 6) is -1.36. The van der Waals surface area contributed by atoms with Gasteiger partial charge in [0.05, 0.1) is 5.56 Å². The molecule has 0 radical (unpaired) electrons. The first-order valence-electron chi connectivity index (χ1n) is 8.75. The van der Waals surface area contributed by atoms with Crippen LogP contribution < -0.4 is 4.90 Å². The van der Waals surface area contributed by atoms with Crippen molar-refractivity contribution in [2.75, 3.05) is 18.6 Å². The minimum atomic E-state index is -0.713. The Morgan fingerprint density at radius 2 is 1.29 bits per heavy atom. The molecule has 0 aliphatic rings. The Balaban J connectivity index is 1.72. The molecule has 0 fully saturated rings. The maximum Gasteiger partial charge on any atom is 0.339 e. The van der Waals surface area contributed by atoms with Gasteiger partial charge in [-0.25, -0.2) is 4.79 Å². The molecule has 0 aliphatic heterocycles. The molecule has 0 aromatic heterocycles. The fourth-order valence-electron chi connectivity index (χ4n) is 2.70. The van der Waals surface area contributed by atoms with Gasteiger partial charge in [0.1, 0.15) is 0 Å². The summed E-state index contributed by atoms with van der Waals surface area (Å²) in [5.41, 5.74) is 1.54. The second kappa shape index (κ2) is 8.77. The second-order valence-corrected chi connectivity index (χ2v) is 6.11. The van der Waals surface area contributed by atoms with Gasteiger partial charge < -0.3 is 9.64 Å². The Morgan fingerprint density at radius 3 is 1.93 bits per heavy atom. The van der Waals surface area contributed by atoms with E-state index in [0.29, 0.717) is 11.3 Å². The number of rotatable bonds is 6. The van der Waals surface area contributed by atoms with Crippen LogP contribution in [0.3, 0.4) is 0 Å². The van der Waals surface area contributed by atoms with Crippen molar-refractivity contribution in [3.8, 4) is 0 Å². The molecule has 5 heteroatoms. The van der Waals surface area contributed by atoms with E-state index in [1.807, 2.05) is 24.3 Å². The summed E-state index contributed by atoms with van der Waals surface area (Å²) in [6.45, 7) is -0.419. The summed E-state index contributed by atoms with van der Waals surface area (Å²) in [5, 5.41) is 0. The van der Waals surface area contributed by atoms with Crippen molar-refractivity contribution < 1.29 is 19.1 Å². The summed E-state index contributed by atoms with van der Waals surface area (Å²) in [6, 6.07) is 24.2. The first kappa shape index (κ1) is 19.0. The van der Waals surface area contributed by atoms with Gasteiger partial charge in [-0.2, -0.15) is 0 Å². The van der Waals surface area contributed by atoms with E-state index >= 15 is 0 Å². The molecule has 0 heterocycles. The lowest BCUT2D eigenvalue weighted by Crippen LogP contribution is -2.31. The highest BCUT2D eigenvalue weighted by Gasteiger charge is 2.20. The zero-order valence-corrected chi connectivity index (χ0v) is 15.4. The van der Waals surface area contributed by atoms with Gasteiger partial charge in [-0.15, -0.1) is 0 Å². The average Bonchev–Trinajstić information content (AvgIpc) is 2.77. The third-order valence-corrected chi connectivity index (χ3v) is 4.27. The van der Waals surface area contributed by atoms with E-state index in [9.17, 15) is 14.4 Å². The summed E-state index contributed by atoms with van der Waals surface area (Å²) in [4.78, 5) is 39.0. The van der Waals surface area contributed by atoms with Gasteiger partial charge in [0, 0.05) is 23.9 Å². The minimum absolute atomic E-state index is 0.131. The fraction of sp³-hybridized carbons (Fsp3) is 0.0870. The molecule has 3 aromatic rings. The molecular weight excluding hydrogens is 354 g/mol. The monoisotopic (exact) mass is 373 g/mol. The van der Waals surface area contributed by atoms with Crippen LogP contribution >= 0.6 is 0 Å². The quantitative estimate of drug-likeness (QED) is 0.488. The number of carbonyl (C=O) groups is 3. The van der Waals surface area contributed by atoms with E-state index in [1.165, 1.54) is 11.0 Å². The van der Waals surface area contributed by atoms with Gasteiger partial charge in [-0.3, -0.25) is 9.59 Å². The van der Waals surface area contributed by atoms with E-state index < -0.39 is 12.6 Å². The SMILES string of the molecule is CN(C(=O)COC(=O)c1ccccc1C(=O)c1ccccc1)c1ccccc1. The zero-order chi connectivity index (χ0) is 19.9. The van der Waals surface area contributed by atoms with Crippen LogP contribution in [0.1, 0.15) is 26.3 Å². The van der Waals surface area contributed by atoms with Crippen molar-refractivity contribution >= 4 is 23.3 Å². The van der Waals surface area contributed by atoms with Gasteiger partial charge in [0.2, 0.25) is 0 Å². The molecule has 0 aliphatic carbocycles. The predicted molar refractivity (Wildman–Crippen MR) is 106 cm³/mol. The molecule has 28 heavy (non-hydrogen) atoms. The standard InChI is InChI=1S/C23H19NO4/c1-24(18-12-6-3-7-13-18)21(25)16-28-23(27)20-15-9-8-14-19(20)22(26)17-10-4-2-5-11-17/h2-15H,16H2,1H3. The Morgan fingerprint density at radius 1 is 0.750 bits per heavy atom. The summed E-state index contributed by atoms with van der Waals surface area (Å²) in [7, 11) is 1.61. The summed E-state index contributed by atoms with van der Waals surface area (Å²) in [6.07, 6.45) is 0. The van der Waals surface area contributed by atoms with Gasteiger partial charge in [-0.1, -0.05) is 66.7 Å². The predicted octanol–water partition coefficient (Wildman–Crippen LogP) is 3.74. The number of ketones is 1. The van der Waals surface area contributed by atoms with Crippen molar-refractivity contribution in [2.45, 2.75) is 0 Å². The lowest BCUT2D eigenvalue weighted by molar-refractivity contribution is -0.121. The van der Waals surface area contributed by atoms with Crippen LogP contribution in [-0.2, 0) is 9.53 Å². The number of nitrogens with zero attached hydrogens (tertiary/aromatic N) is 1. The number of ether oxygens (including phenoxy) is 1. The molecule has 1 amide bonds. The molecule has 0 atom stereocenters. The molecule has 3 rings (SSSR count). The van der Waals surface area contributed by atoms with Crippen LogP contribution in [0.5, 0.6) is 0 Å². The highest BCUT2D eigenvalue weighted by Crippen LogP contribution is 2.16. The molecule has 0 saturated heterocycles. The molecule has 0 unspecified atom stereocenters. The first-order valence-corrected chi connectivity index (χ1v) is 8.75. The molecule has 0 N–H and O–H groups in total. The lowest BCUT2D eigenvalue weighted by Gasteiger charge is -2.17. The van der Waals surface area contributed by atoms with Gasteiger partial charge in [0.15, 0.2) is 12.4 Å². The number of para-hydroxylation sites is 1. The van der Waals surface area contributed by atoms with E-state index in [-0.39, 0.29) is 22.8 Å². The second-order valence-electron chi connectivity index (χ2n) is 6.11. The molecule has 140 valence electrons. The van der Waals surface area contributed by atoms with E-state index in [0.717, 1.165) is 0 Å². The number of likely N-dealkylation sites (N-methyl/N-ethyl adjacent to an activating group) is 1. The largest absolute Gasteiger partial charge is 0.452 e. The molecule has 3 aromatic carbocycles. The number of amides is 1. The van der Waals surface area contributed by atoms with Crippen LogP contribution in [-0.4, -0.2) is 31.3 Å². The van der Waals surface area contributed by atoms with Crippen LogP contribution in [0.2, 0.25) is 0 Å². The number of carbonyl (C=O) groups excluding carboxylic acids is 3. The Labute approximate surface area is 163 Å². The van der Waals surface area contributed by atoms with Gasteiger partial charge in [0.25, 0.3) is 5.91 Å². The average molecular weight is 373 g/mol. The third kappa shape index (κ3) is 4.32. The Kier molecular flexibility index (Phi) is 5.97. The number of hydrogen-bond donors (Lipinski definition) is 0. The van der Waals surface area contributed by atoms with E-state index in [2.05, 4.69) is 0 Å². The van der Waals surface area contributed by atoms with Crippen molar-refractivity contribution in [2.24, 2.45) is 0 Å². The van der Waals surface area contributed by atoms with Crippen LogP contribution in [0.25, 0.3) is 0 Å². The van der Waals surface area contributed by atoms with Crippen molar-refractivity contribution in [1.29, 1.82) is 0 Å². The molecule has 0 bridgehead atoms.